The lowest BCUT2D eigenvalue weighted by Crippen LogP contribution is -2.61. The number of alkyl halides is 3. The summed E-state index contributed by atoms with van der Waals surface area (Å²) in [6.45, 7) is -0.275. The standard InChI is InChI=1S/C24H17ClF3NO4/c25-15-7-5-6-14(12-15)23(21(30)31,24(26,27)28)29-22(32)33-13-20-18-10-3-1-8-16(18)17-9-2-4-11-19(17)20/h1-12,20H,13H2,(H,29,32)(H,30,31). The van der Waals surface area contributed by atoms with Crippen molar-refractivity contribution in [1.29, 1.82) is 0 Å². The fourth-order valence-electron chi connectivity index (χ4n) is 4.11. The summed E-state index contributed by atoms with van der Waals surface area (Å²) in [5.74, 6) is -2.72. The number of carboxylic acid groups (broad SMARTS) is 1. The van der Waals surface area contributed by atoms with E-state index in [4.69, 9.17) is 16.3 Å². The third-order valence-electron chi connectivity index (χ3n) is 5.64. The Bertz CT molecular complexity index is 1180. The molecule has 0 bridgehead atoms. The van der Waals surface area contributed by atoms with Crippen molar-refractivity contribution < 1.29 is 32.6 Å². The summed E-state index contributed by atoms with van der Waals surface area (Å²) in [5, 5.41) is 11.0. The largest absolute Gasteiger partial charge is 0.479 e. The number of hydrogen-bond acceptors (Lipinski definition) is 3. The number of nitrogens with one attached hydrogen (secondary N) is 1. The zero-order valence-corrected chi connectivity index (χ0v) is 17.7. The van der Waals surface area contributed by atoms with E-state index in [0.717, 1.165) is 34.4 Å². The minimum Gasteiger partial charge on any atom is -0.479 e. The molecule has 1 atom stereocenters. The number of aliphatic carboxylic acids is 1. The maximum Gasteiger partial charge on any atom is 0.426 e. The van der Waals surface area contributed by atoms with Gasteiger partial charge in [0.1, 0.15) is 6.61 Å². The van der Waals surface area contributed by atoms with Crippen LogP contribution < -0.4 is 5.32 Å². The van der Waals surface area contributed by atoms with Crippen molar-refractivity contribution in [1.82, 2.24) is 5.32 Å². The molecule has 3 aromatic carbocycles. The minimum absolute atomic E-state index is 0.114. The van der Waals surface area contributed by atoms with E-state index >= 15 is 0 Å². The fourth-order valence-corrected chi connectivity index (χ4v) is 4.30. The Kier molecular flexibility index (Phi) is 5.80. The zero-order valence-electron chi connectivity index (χ0n) is 16.9. The molecule has 4 rings (SSSR count). The van der Waals surface area contributed by atoms with Crippen LogP contribution >= 0.6 is 11.6 Å². The fraction of sp³-hybridized carbons (Fsp3) is 0.167. The lowest BCUT2D eigenvalue weighted by Gasteiger charge is -2.32. The van der Waals surface area contributed by atoms with Gasteiger partial charge in [0, 0.05) is 10.9 Å². The van der Waals surface area contributed by atoms with E-state index in [0.29, 0.717) is 0 Å². The van der Waals surface area contributed by atoms with Crippen molar-refractivity contribution in [2.24, 2.45) is 0 Å². The van der Waals surface area contributed by atoms with Crippen molar-refractivity contribution >= 4 is 23.7 Å². The van der Waals surface area contributed by atoms with Gasteiger partial charge in [-0.15, -0.1) is 0 Å². The van der Waals surface area contributed by atoms with Crippen molar-refractivity contribution in [3.05, 3.63) is 94.5 Å². The van der Waals surface area contributed by atoms with E-state index in [2.05, 4.69) is 0 Å². The van der Waals surface area contributed by atoms with Crippen LogP contribution in [-0.4, -0.2) is 30.0 Å². The number of carbonyl (C=O) groups is 2. The third kappa shape index (κ3) is 3.91. The number of fused-ring (bicyclic) bond motifs is 3. The molecule has 0 saturated carbocycles. The normalized spacial score (nSPS) is 14.7. The Morgan fingerprint density at radius 2 is 1.52 bits per heavy atom. The lowest BCUT2D eigenvalue weighted by molar-refractivity contribution is -0.211. The molecule has 0 aromatic heterocycles. The average Bonchev–Trinajstić information content (AvgIpc) is 3.09. The Hall–Kier alpha value is -3.52. The molecule has 3 aromatic rings. The number of carbonyl (C=O) groups excluding carboxylic acids is 1. The van der Waals surface area contributed by atoms with Crippen molar-refractivity contribution in [2.45, 2.75) is 17.6 Å². The molecule has 0 fully saturated rings. The molecule has 0 saturated heterocycles. The summed E-state index contributed by atoms with van der Waals surface area (Å²) in [6, 6.07) is 19.1. The molecule has 2 N–H and O–H groups in total. The van der Waals surface area contributed by atoms with Crippen LogP contribution in [0.1, 0.15) is 22.6 Å². The molecular formula is C24H17ClF3NO4. The Morgan fingerprint density at radius 3 is 2.03 bits per heavy atom. The van der Waals surface area contributed by atoms with Crippen molar-refractivity contribution in [3.63, 3.8) is 0 Å². The van der Waals surface area contributed by atoms with Gasteiger partial charge in [-0.3, -0.25) is 5.32 Å². The van der Waals surface area contributed by atoms with Gasteiger partial charge < -0.3 is 9.84 Å². The second-order valence-electron chi connectivity index (χ2n) is 7.51. The zero-order chi connectivity index (χ0) is 23.8. The topological polar surface area (TPSA) is 75.6 Å². The van der Waals surface area contributed by atoms with Crippen molar-refractivity contribution in [2.75, 3.05) is 6.61 Å². The number of alkyl carbamates (subject to hydrolysis) is 1. The smallest absolute Gasteiger partial charge is 0.426 e. The summed E-state index contributed by atoms with van der Waals surface area (Å²) in [4.78, 5) is 24.4. The molecule has 33 heavy (non-hydrogen) atoms. The molecule has 0 heterocycles. The van der Waals surface area contributed by atoms with E-state index in [1.165, 1.54) is 12.1 Å². The first-order valence-corrected chi connectivity index (χ1v) is 10.2. The number of benzene rings is 3. The van der Waals surface area contributed by atoms with Gasteiger partial charge in [0.05, 0.1) is 0 Å². The van der Waals surface area contributed by atoms with Crippen LogP contribution in [0.5, 0.6) is 0 Å². The second-order valence-corrected chi connectivity index (χ2v) is 7.95. The summed E-state index contributed by atoms with van der Waals surface area (Å²) < 4.78 is 47.3. The molecule has 0 radical (unpaired) electrons. The Morgan fingerprint density at radius 1 is 0.939 bits per heavy atom. The summed E-state index contributed by atoms with van der Waals surface area (Å²) in [5.41, 5.74) is -0.875. The molecular weight excluding hydrogens is 459 g/mol. The molecule has 0 aliphatic heterocycles. The van der Waals surface area contributed by atoms with Gasteiger partial charge in [-0.25, -0.2) is 9.59 Å². The van der Waals surface area contributed by atoms with E-state index < -0.39 is 35.3 Å². The van der Waals surface area contributed by atoms with Gasteiger partial charge in [0.25, 0.3) is 5.54 Å². The molecule has 1 aliphatic rings. The molecule has 0 spiro atoms. The van der Waals surface area contributed by atoms with Gasteiger partial charge in [-0.1, -0.05) is 72.3 Å². The molecule has 1 unspecified atom stereocenters. The van der Waals surface area contributed by atoms with Gasteiger partial charge >= 0.3 is 18.2 Å². The highest BCUT2D eigenvalue weighted by Crippen LogP contribution is 2.45. The highest BCUT2D eigenvalue weighted by molar-refractivity contribution is 6.30. The first-order chi connectivity index (χ1) is 15.6. The SMILES string of the molecule is O=C(NC(C(=O)O)(c1cccc(Cl)c1)C(F)(F)F)OCC1c2ccccc2-c2ccccc21. The maximum absolute atomic E-state index is 14.0. The summed E-state index contributed by atoms with van der Waals surface area (Å²) >= 11 is 5.78. The molecule has 5 nitrogen and oxygen atoms in total. The highest BCUT2D eigenvalue weighted by Gasteiger charge is 2.64. The van der Waals surface area contributed by atoms with E-state index in [1.807, 2.05) is 48.5 Å². The second kappa shape index (κ2) is 8.44. The molecule has 1 aliphatic carbocycles. The number of rotatable bonds is 5. The van der Waals surface area contributed by atoms with Crippen LogP contribution in [-0.2, 0) is 15.1 Å². The van der Waals surface area contributed by atoms with Gasteiger partial charge in [-0.2, -0.15) is 13.2 Å². The molecule has 170 valence electrons. The first kappa shape index (κ1) is 22.7. The number of halogens is 4. The summed E-state index contributed by atoms with van der Waals surface area (Å²) in [7, 11) is 0. The first-order valence-electron chi connectivity index (χ1n) is 9.84. The highest BCUT2D eigenvalue weighted by atomic mass is 35.5. The third-order valence-corrected chi connectivity index (χ3v) is 5.87. The monoisotopic (exact) mass is 475 g/mol. The predicted molar refractivity (Wildman–Crippen MR) is 115 cm³/mol. The quantitative estimate of drug-likeness (QED) is 0.495. The average molecular weight is 476 g/mol. The van der Waals surface area contributed by atoms with Crippen LogP contribution in [0.2, 0.25) is 5.02 Å². The molecule has 1 amide bonds. The number of amides is 1. The van der Waals surface area contributed by atoms with Crippen LogP contribution in [0, 0.1) is 0 Å². The predicted octanol–water partition coefficient (Wildman–Crippen LogP) is 5.72. The number of hydrogen-bond donors (Lipinski definition) is 2. The number of ether oxygens (including phenoxy) is 1. The van der Waals surface area contributed by atoms with Crippen LogP contribution in [0.4, 0.5) is 18.0 Å². The van der Waals surface area contributed by atoms with Crippen LogP contribution in [0.25, 0.3) is 11.1 Å². The Labute approximate surface area is 191 Å². The van der Waals surface area contributed by atoms with Gasteiger partial charge in [0.15, 0.2) is 0 Å². The maximum atomic E-state index is 14.0. The van der Waals surface area contributed by atoms with Gasteiger partial charge in [0.2, 0.25) is 0 Å². The van der Waals surface area contributed by atoms with E-state index in [-0.39, 0.29) is 11.6 Å². The lowest BCUT2D eigenvalue weighted by atomic mass is 9.89. The number of carboxylic acids is 1. The van der Waals surface area contributed by atoms with Crippen LogP contribution in [0.3, 0.4) is 0 Å². The van der Waals surface area contributed by atoms with E-state index in [9.17, 15) is 27.9 Å². The van der Waals surface area contributed by atoms with Crippen molar-refractivity contribution in [3.8, 4) is 11.1 Å². The minimum atomic E-state index is -5.38. The van der Waals surface area contributed by atoms with Crippen LogP contribution in [0.15, 0.2) is 72.8 Å². The summed E-state index contributed by atoms with van der Waals surface area (Å²) in [6.07, 6.45) is -6.90. The van der Waals surface area contributed by atoms with E-state index in [1.54, 1.807) is 5.32 Å². The Balaban J connectivity index is 1.61. The molecule has 9 heteroatoms. The van der Waals surface area contributed by atoms with Gasteiger partial charge in [-0.05, 0) is 39.9 Å².